The number of carbonyl (C=O) groups is 1. The molecule has 0 saturated heterocycles. The average molecular weight is 504 g/mol. The number of rotatable bonds is 11. The molecule has 2 fully saturated rings. The van der Waals surface area contributed by atoms with E-state index in [0.29, 0.717) is 37.8 Å². The third-order valence-corrected chi connectivity index (χ3v) is 9.75. The molecular weight excluding hydrogens is 457 g/mol. The molecule has 1 aromatic carbocycles. The normalized spacial score (nSPS) is 33.0. The second-order valence-corrected chi connectivity index (χ2v) is 11.8. The van der Waals surface area contributed by atoms with Crippen molar-refractivity contribution >= 4 is 5.91 Å². The summed E-state index contributed by atoms with van der Waals surface area (Å²) in [5.74, 6) is 1.29. The highest BCUT2D eigenvalue weighted by Crippen LogP contribution is 2.63. The van der Waals surface area contributed by atoms with Crippen LogP contribution in [0.1, 0.15) is 88.7 Å². The highest BCUT2D eigenvalue weighted by Gasteiger charge is 2.59. The first-order valence-electron chi connectivity index (χ1n) is 14.2. The van der Waals surface area contributed by atoms with E-state index in [1.54, 1.807) is 13.2 Å². The fourth-order valence-corrected chi connectivity index (χ4v) is 7.88. The third-order valence-electron chi connectivity index (χ3n) is 9.75. The van der Waals surface area contributed by atoms with Gasteiger partial charge in [-0.3, -0.25) is 4.79 Å². The first kappa shape index (κ1) is 27.4. The fraction of sp³-hybridized carbons (Fsp3) is 0.767. The Kier molecular flexibility index (Phi) is 8.98. The van der Waals surface area contributed by atoms with E-state index in [1.807, 2.05) is 24.0 Å². The van der Waals surface area contributed by atoms with Gasteiger partial charge in [-0.05, 0) is 85.0 Å². The van der Waals surface area contributed by atoms with Crippen LogP contribution in [0.15, 0.2) is 18.2 Å². The van der Waals surface area contributed by atoms with Crippen molar-refractivity contribution in [3.8, 4) is 5.75 Å². The van der Waals surface area contributed by atoms with Crippen LogP contribution in [-0.2, 0) is 16.0 Å². The summed E-state index contributed by atoms with van der Waals surface area (Å²) >= 11 is 0. The standard InChI is InChI=1S/C30H46FNO4/c1-4-27(35)32(15-16-36-3)14-8-6-5-7-9-20-17-21-18-22(33)10-11-23(21)29-25(31)19-30(2)24(28(20)29)12-13-26(30)34/h10-11,18,20,24-26,28-29,33-34H,4-9,12-17,19H2,1-3H3/t20-,24?,25+,26+,28?,29?,30+/m1/s1. The van der Waals surface area contributed by atoms with Crippen LogP contribution >= 0.6 is 0 Å². The predicted octanol–water partition coefficient (Wildman–Crippen LogP) is 5.62. The van der Waals surface area contributed by atoms with E-state index >= 15 is 4.39 Å². The van der Waals surface area contributed by atoms with Crippen LogP contribution in [0.2, 0.25) is 0 Å². The van der Waals surface area contributed by atoms with Crippen LogP contribution in [-0.4, -0.2) is 60.1 Å². The molecule has 1 aromatic rings. The van der Waals surface area contributed by atoms with Gasteiger partial charge in [0.2, 0.25) is 5.91 Å². The Hall–Kier alpha value is -1.66. The molecule has 0 bridgehead atoms. The molecule has 3 unspecified atom stereocenters. The van der Waals surface area contributed by atoms with E-state index in [9.17, 15) is 15.0 Å². The molecule has 202 valence electrons. The summed E-state index contributed by atoms with van der Waals surface area (Å²) in [5, 5.41) is 20.9. The van der Waals surface area contributed by atoms with Crippen molar-refractivity contribution < 1.29 is 24.1 Å². The van der Waals surface area contributed by atoms with Crippen molar-refractivity contribution in [2.45, 2.75) is 96.2 Å². The summed E-state index contributed by atoms with van der Waals surface area (Å²) in [6.45, 7) is 6.01. The molecular formula is C30H46FNO4. The van der Waals surface area contributed by atoms with Crippen molar-refractivity contribution in [3.63, 3.8) is 0 Å². The Balaban J connectivity index is 1.39. The Morgan fingerprint density at radius 1 is 1.19 bits per heavy atom. The van der Waals surface area contributed by atoms with Crippen molar-refractivity contribution in [2.75, 3.05) is 26.8 Å². The van der Waals surface area contributed by atoms with Gasteiger partial charge in [-0.2, -0.15) is 0 Å². The molecule has 2 saturated carbocycles. The number of halogens is 1. The molecule has 7 atom stereocenters. The number of nitrogens with zero attached hydrogens (tertiary/aromatic N) is 1. The second-order valence-electron chi connectivity index (χ2n) is 11.8. The number of ether oxygens (including phenoxy) is 1. The van der Waals surface area contributed by atoms with Crippen LogP contribution in [0.4, 0.5) is 4.39 Å². The van der Waals surface area contributed by atoms with Crippen LogP contribution in [0.3, 0.4) is 0 Å². The maximum Gasteiger partial charge on any atom is 0.222 e. The first-order chi connectivity index (χ1) is 17.3. The van der Waals surface area contributed by atoms with Crippen LogP contribution in [0.5, 0.6) is 5.75 Å². The molecule has 0 radical (unpaired) electrons. The molecule has 0 aromatic heterocycles. The number of phenols is 1. The van der Waals surface area contributed by atoms with E-state index in [2.05, 4.69) is 6.92 Å². The van der Waals surface area contributed by atoms with Gasteiger partial charge in [0.1, 0.15) is 11.9 Å². The number of phenolic OH excluding ortho intramolecular Hbond substituents is 1. The van der Waals surface area contributed by atoms with Crippen LogP contribution < -0.4 is 0 Å². The Bertz CT molecular complexity index is 894. The zero-order valence-corrected chi connectivity index (χ0v) is 22.4. The van der Waals surface area contributed by atoms with Gasteiger partial charge in [-0.25, -0.2) is 4.39 Å². The summed E-state index contributed by atoms with van der Waals surface area (Å²) in [4.78, 5) is 14.1. The van der Waals surface area contributed by atoms with Gasteiger partial charge in [-0.1, -0.05) is 39.2 Å². The van der Waals surface area contributed by atoms with Crippen LogP contribution in [0.25, 0.3) is 0 Å². The Labute approximate surface area is 216 Å². The van der Waals surface area contributed by atoms with E-state index in [0.717, 1.165) is 69.0 Å². The van der Waals surface area contributed by atoms with Crippen molar-refractivity contribution in [2.24, 2.45) is 23.2 Å². The summed E-state index contributed by atoms with van der Waals surface area (Å²) in [5.41, 5.74) is 1.87. The fourth-order valence-electron chi connectivity index (χ4n) is 7.88. The molecule has 1 amide bonds. The van der Waals surface area contributed by atoms with Crippen molar-refractivity contribution in [1.82, 2.24) is 4.90 Å². The molecule has 36 heavy (non-hydrogen) atoms. The summed E-state index contributed by atoms with van der Waals surface area (Å²) in [6.07, 6.45) is 7.54. The lowest BCUT2D eigenvalue weighted by Crippen LogP contribution is -2.51. The smallest absolute Gasteiger partial charge is 0.222 e. The van der Waals surface area contributed by atoms with Crippen molar-refractivity contribution in [3.05, 3.63) is 29.3 Å². The second kappa shape index (κ2) is 11.8. The molecule has 3 aliphatic carbocycles. The maximum atomic E-state index is 15.9. The lowest BCUT2D eigenvalue weighted by Gasteiger charge is -2.54. The topological polar surface area (TPSA) is 70.0 Å². The number of aliphatic hydroxyl groups is 1. The number of aromatic hydroxyl groups is 1. The van der Waals surface area contributed by atoms with E-state index in [4.69, 9.17) is 4.74 Å². The number of unbranched alkanes of at least 4 members (excludes halogenated alkanes) is 3. The largest absolute Gasteiger partial charge is 0.508 e. The summed E-state index contributed by atoms with van der Waals surface area (Å²) in [6, 6.07) is 5.51. The molecule has 6 heteroatoms. The molecule has 0 aliphatic heterocycles. The highest BCUT2D eigenvalue weighted by molar-refractivity contribution is 5.75. The zero-order valence-electron chi connectivity index (χ0n) is 22.4. The number of aliphatic hydroxyl groups excluding tert-OH is 1. The minimum absolute atomic E-state index is 0.128. The number of benzene rings is 1. The van der Waals surface area contributed by atoms with Gasteiger partial charge >= 0.3 is 0 Å². The monoisotopic (exact) mass is 503 g/mol. The Morgan fingerprint density at radius 3 is 2.72 bits per heavy atom. The molecule has 2 N–H and O–H groups in total. The number of hydrogen-bond donors (Lipinski definition) is 2. The number of amides is 1. The van der Waals surface area contributed by atoms with Gasteiger partial charge in [0.15, 0.2) is 0 Å². The van der Waals surface area contributed by atoms with E-state index < -0.39 is 12.3 Å². The van der Waals surface area contributed by atoms with Gasteiger partial charge in [0.05, 0.1) is 12.7 Å². The predicted molar refractivity (Wildman–Crippen MR) is 140 cm³/mol. The number of fused-ring (bicyclic) bond motifs is 5. The quantitative estimate of drug-likeness (QED) is 0.385. The van der Waals surface area contributed by atoms with E-state index in [1.165, 1.54) is 0 Å². The van der Waals surface area contributed by atoms with Gasteiger partial charge in [0.25, 0.3) is 0 Å². The molecule has 0 spiro atoms. The number of methoxy groups -OCH3 is 1. The molecule has 4 rings (SSSR count). The molecule has 0 heterocycles. The third kappa shape index (κ3) is 5.45. The van der Waals surface area contributed by atoms with Crippen LogP contribution in [0, 0.1) is 23.2 Å². The van der Waals surface area contributed by atoms with Crippen molar-refractivity contribution in [1.29, 1.82) is 0 Å². The maximum absolute atomic E-state index is 15.9. The minimum atomic E-state index is -0.954. The van der Waals surface area contributed by atoms with E-state index in [-0.39, 0.29) is 28.9 Å². The number of carbonyl (C=O) groups excluding carboxylic acids is 1. The summed E-state index contributed by atoms with van der Waals surface area (Å²) in [7, 11) is 1.66. The number of alkyl halides is 1. The summed E-state index contributed by atoms with van der Waals surface area (Å²) < 4.78 is 21.0. The highest BCUT2D eigenvalue weighted by atomic mass is 19.1. The lowest BCUT2D eigenvalue weighted by atomic mass is 9.51. The molecule has 5 nitrogen and oxygen atoms in total. The Morgan fingerprint density at radius 2 is 1.97 bits per heavy atom. The minimum Gasteiger partial charge on any atom is -0.508 e. The van der Waals surface area contributed by atoms with Gasteiger partial charge < -0.3 is 19.8 Å². The first-order valence-corrected chi connectivity index (χ1v) is 14.2. The average Bonchev–Trinajstić information content (AvgIpc) is 3.15. The number of hydrogen-bond acceptors (Lipinski definition) is 4. The molecule has 3 aliphatic rings. The van der Waals surface area contributed by atoms with Gasteiger partial charge in [0, 0.05) is 32.5 Å². The lowest BCUT2D eigenvalue weighted by molar-refractivity contribution is -0.131. The van der Waals surface area contributed by atoms with Gasteiger partial charge in [-0.15, -0.1) is 0 Å². The SMILES string of the molecule is CCC(=O)N(CCCCCC[C@@H]1Cc2cc(O)ccc2C2C1C1CC[C@H](O)[C@@]1(C)C[C@@H]2F)CCOC. The zero-order chi connectivity index (χ0) is 25.9.